The summed E-state index contributed by atoms with van der Waals surface area (Å²) in [5.74, 6) is 1.69. The summed E-state index contributed by atoms with van der Waals surface area (Å²) in [6, 6.07) is 7.03. The fraction of sp³-hybridized carbons (Fsp3) is 0.625. The Balaban J connectivity index is 1.95. The average molecular weight is 283 g/mol. The number of halogens is 2. The molecule has 0 saturated carbocycles. The van der Waals surface area contributed by atoms with Crippen molar-refractivity contribution in [2.45, 2.75) is 39.8 Å². The maximum absolute atomic E-state index is 12.2. The molecule has 112 valence electrons. The van der Waals surface area contributed by atoms with Crippen LogP contribution in [-0.4, -0.2) is 24.6 Å². The summed E-state index contributed by atoms with van der Waals surface area (Å²) in [5, 5.41) is 0. The molecule has 0 bridgehead atoms. The maximum atomic E-state index is 12.2. The molecular formula is C16H23F2NO. The fourth-order valence-electron chi connectivity index (χ4n) is 2.86. The molecule has 0 N–H and O–H groups in total. The number of nitrogens with zero attached hydrogens (tertiary/aromatic N) is 1. The van der Waals surface area contributed by atoms with Crippen LogP contribution >= 0.6 is 0 Å². The van der Waals surface area contributed by atoms with E-state index in [9.17, 15) is 8.78 Å². The van der Waals surface area contributed by atoms with Crippen LogP contribution in [-0.2, 0) is 6.54 Å². The third-order valence-electron chi connectivity index (χ3n) is 4.01. The van der Waals surface area contributed by atoms with E-state index >= 15 is 0 Å². The molecule has 0 unspecified atom stereocenters. The van der Waals surface area contributed by atoms with Crippen LogP contribution in [0.2, 0.25) is 0 Å². The summed E-state index contributed by atoms with van der Waals surface area (Å²) in [6.45, 7) is 4.77. The molecule has 1 aliphatic heterocycles. The summed E-state index contributed by atoms with van der Waals surface area (Å²) >= 11 is 0. The first-order chi connectivity index (χ1) is 9.54. The largest absolute Gasteiger partial charge is 0.435 e. The summed E-state index contributed by atoms with van der Waals surface area (Å²) in [4.78, 5) is 2.41. The zero-order valence-electron chi connectivity index (χ0n) is 12.2. The standard InChI is InChI=1S/C16H23F2NO/c1-12(2)14-6-4-8-19(11-14)10-13-5-3-7-15(9-13)20-16(17)18/h3,5,7,9,12,14,16H,4,6,8,10-11H2,1-2H3/t14-/m0/s1. The van der Waals surface area contributed by atoms with Crippen molar-refractivity contribution < 1.29 is 13.5 Å². The van der Waals surface area contributed by atoms with Gasteiger partial charge in [-0.3, -0.25) is 4.90 Å². The van der Waals surface area contributed by atoms with Crippen LogP contribution < -0.4 is 4.74 Å². The Hall–Kier alpha value is -1.16. The Morgan fingerprint density at radius 1 is 1.35 bits per heavy atom. The van der Waals surface area contributed by atoms with E-state index in [1.165, 1.54) is 12.8 Å². The van der Waals surface area contributed by atoms with Gasteiger partial charge < -0.3 is 4.74 Å². The summed E-state index contributed by atoms with van der Waals surface area (Å²) in [5.41, 5.74) is 1.03. The van der Waals surface area contributed by atoms with E-state index in [1.807, 2.05) is 6.07 Å². The van der Waals surface area contributed by atoms with E-state index < -0.39 is 6.61 Å². The van der Waals surface area contributed by atoms with Crippen molar-refractivity contribution in [1.29, 1.82) is 0 Å². The van der Waals surface area contributed by atoms with Gasteiger partial charge in [-0.2, -0.15) is 8.78 Å². The van der Waals surface area contributed by atoms with Crippen molar-refractivity contribution in [2.24, 2.45) is 11.8 Å². The summed E-state index contributed by atoms with van der Waals surface area (Å²) in [6.07, 6.45) is 2.51. The topological polar surface area (TPSA) is 12.5 Å². The highest BCUT2D eigenvalue weighted by Crippen LogP contribution is 2.25. The van der Waals surface area contributed by atoms with Gasteiger partial charge in [0.1, 0.15) is 5.75 Å². The molecule has 1 aromatic rings. The third kappa shape index (κ3) is 4.44. The van der Waals surface area contributed by atoms with Crippen LogP contribution in [0.5, 0.6) is 5.75 Å². The van der Waals surface area contributed by atoms with Gasteiger partial charge in [0.25, 0.3) is 0 Å². The second-order valence-electron chi connectivity index (χ2n) is 5.91. The number of hydrogen-bond donors (Lipinski definition) is 0. The number of hydrogen-bond acceptors (Lipinski definition) is 2. The molecular weight excluding hydrogens is 260 g/mol. The monoisotopic (exact) mass is 283 g/mol. The number of alkyl halides is 2. The lowest BCUT2D eigenvalue weighted by molar-refractivity contribution is -0.0499. The third-order valence-corrected chi connectivity index (χ3v) is 4.01. The molecule has 1 aliphatic rings. The van der Waals surface area contributed by atoms with Gasteiger partial charge in [0.2, 0.25) is 0 Å². The van der Waals surface area contributed by atoms with Crippen LogP contribution in [0, 0.1) is 11.8 Å². The predicted octanol–water partition coefficient (Wildman–Crippen LogP) is 4.16. The minimum atomic E-state index is -2.76. The minimum absolute atomic E-state index is 0.245. The van der Waals surface area contributed by atoms with Gasteiger partial charge in [-0.15, -0.1) is 0 Å². The lowest BCUT2D eigenvalue weighted by atomic mass is 9.88. The van der Waals surface area contributed by atoms with Crippen molar-refractivity contribution in [2.75, 3.05) is 13.1 Å². The van der Waals surface area contributed by atoms with E-state index in [1.54, 1.807) is 18.2 Å². The first kappa shape index (κ1) is 15.2. The number of rotatable bonds is 5. The van der Waals surface area contributed by atoms with Crippen molar-refractivity contribution in [3.05, 3.63) is 29.8 Å². The minimum Gasteiger partial charge on any atom is -0.435 e. The molecule has 0 radical (unpaired) electrons. The molecule has 4 heteroatoms. The highest BCUT2D eigenvalue weighted by atomic mass is 19.3. The second-order valence-corrected chi connectivity index (χ2v) is 5.91. The second kappa shape index (κ2) is 7.02. The lowest BCUT2D eigenvalue weighted by Gasteiger charge is -2.34. The Bertz CT molecular complexity index is 423. The van der Waals surface area contributed by atoms with Gasteiger partial charge in [0.05, 0.1) is 0 Å². The quantitative estimate of drug-likeness (QED) is 0.804. The molecule has 0 spiro atoms. The highest BCUT2D eigenvalue weighted by molar-refractivity contribution is 5.28. The van der Waals surface area contributed by atoms with E-state index in [0.29, 0.717) is 5.92 Å². The van der Waals surface area contributed by atoms with Crippen molar-refractivity contribution in [3.8, 4) is 5.75 Å². The fourth-order valence-corrected chi connectivity index (χ4v) is 2.86. The van der Waals surface area contributed by atoms with Gasteiger partial charge in [-0.05, 0) is 48.9 Å². The number of ether oxygens (including phenoxy) is 1. The smallest absolute Gasteiger partial charge is 0.387 e. The zero-order chi connectivity index (χ0) is 14.5. The molecule has 20 heavy (non-hydrogen) atoms. The van der Waals surface area contributed by atoms with Gasteiger partial charge in [0.15, 0.2) is 0 Å². The SMILES string of the molecule is CC(C)[C@H]1CCCN(Cc2cccc(OC(F)F)c2)C1. The van der Waals surface area contributed by atoms with Gasteiger partial charge in [0, 0.05) is 13.1 Å². The molecule has 1 saturated heterocycles. The van der Waals surface area contributed by atoms with Crippen molar-refractivity contribution in [1.82, 2.24) is 4.90 Å². The average Bonchev–Trinajstić information content (AvgIpc) is 2.38. The first-order valence-corrected chi connectivity index (χ1v) is 7.30. The lowest BCUT2D eigenvalue weighted by Crippen LogP contribution is -2.36. The number of benzene rings is 1. The van der Waals surface area contributed by atoms with Gasteiger partial charge in [-0.25, -0.2) is 0 Å². The number of piperidine rings is 1. The molecule has 1 heterocycles. The highest BCUT2D eigenvalue weighted by Gasteiger charge is 2.22. The van der Waals surface area contributed by atoms with Gasteiger partial charge in [-0.1, -0.05) is 26.0 Å². The normalized spacial score (nSPS) is 20.6. The van der Waals surface area contributed by atoms with Crippen LogP contribution in [0.4, 0.5) is 8.78 Å². The molecule has 1 aromatic carbocycles. The molecule has 1 fully saturated rings. The van der Waals surface area contributed by atoms with Crippen molar-refractivity contribution in [3.63, 3.8) is 0 Å². The van der Waals surface area contributed by atoms with E-state index in [-0.39, 0.29) is 5.75 Å². The van der Waals surface area contributed by atoms with Crippen LogP contribution in [0.15, 0.2) is 24.3 Å². The number of likely N-dealkylation sites (tertiary alicyclic amines) is 1. The molecule has 2 rings (SSSR count). The maximum Gasteiger partial charge on any atom is 0.387 e. The van der Waals surface area contributed by atoms with E-state index in [0.717, 1.165) is 31.1 Å². The zero-order valence-corrected chi connectivity index (χ0v) is 12.2. The van der Waals surface area contributed by atoms with E-state index in [2.05, 4.69) is 23.5 Å². The Morgan fingerprint density at radius 3 is 2.85 bits per heavy atom. The van der Waals surface area contributed by atoms with Crippen LogP contribution in [0.3, 0.4) is 0 Å². The molecule has 0 aliphatic carbocycles. The Morgan fingerprint density at radius 2 is 2.15 bits per heavy atom. The van der Waals surface area contributed by atoms with E-state index in [4.69, 9.17) is 0 Å². The molecule has 0 amide bonds. The molecule has 0 aromatic heterocycles. The summed E-state index contributed by atoms with van der Waals surface area (Å²) < 4.78 is 28.9. The van der Waals surface area contributed by atoms with Crippen LogP contribution in [0.25, 0.3) is 0 Å². The Kier molecular flexibility index (Phi) is 5.35. The Labute approximate surface area is 119 Å². The van der Waals surface area contributed by atoms with Crippen LogP contribution in [0.1, 0.15) is 32.3 Å². The van der Waals surface area contributed by atoms with Gasteiger partial charge >= 0.3 is 6.61 Å². The predicted molar refractivity (Wildman–Crippen MR) is 75.9 cm³/mol. The molecule has 1 atom stereocenters. The first-order valence-electron chi connectivity index (χ1n) is 7.30. The van der Waals surface area contributed by atoms with Crippen molar-refractivity contribution >= 4 is 0 Å². The molecule has 2 nitrogen and oxygen atoms in total. The summed E-state index contributed by atoms with van der Waals surface area (Å²) in [7, 11) is 0.